The smallest absolute Gasteiger partial charge is 0.194 e. The van der Waals surface area contributed by atoms with Crippen LogP contribution < -0.4 is 5.73 Å². The molecule has 0 saturated heterocycles. The molecule has 0 saturated carbocycles. The minimum absolute atomic E-state index is 0.142. The molecule has 3 aromatic rings. The topological polar surface area (TPSA) is 43.3 Å². The van der Waals surface area contributed by atoms with E-state index in [0.717, 1.165) is 22.2 Å². The molecule has 2 aromatic heterocycles. The zero-order chi connectivity index (χ0) is 14.8. The van der Waals surface area contributed by atoms with Gasteiger partial charge in [0, 0.05) is 29.8 Å². The Morgan fingerprint density at radius 1 is 1.43 bits per heavy atom. The third-order valence-corrected chi connectivity index (χ3v) is 5.13. The second-order valence-electron chi connectivity index (χ2n) is 5.38. The van der Waals surface area contributed by atoms with Crippen LogP contribution in [0.25, 0.3) is 4.96 Å². The van der Waals surface area contributed by atoms with Crippen molar-refractivity contribution in [2.45, 2.75) is 37.1 Å². The van der Waals surface area contributed by atoms with Gasteiger partial charge in [-0.15, -0.1) is 11.3 Å². The molecule has 1 atom stereocenters. The molecule has 0 amide bonds. The van der Waals surface area contributed by atoms with E-state index in [1.807, 2.05) is 6.92 Å². The summed E-state index contributed by atoms with van der Waals surface area (Å²) in [5, 5.41) is 3.18. The molecule has 0 spiro atoms. The molecule has 2 N–H and O–H groups in total. The van der Waals surface area contributed by atoms with Crippen LogP contribution in [-0.4, -0.2) is 15.4 Å². The highest BCUT2D eigenvalue weighted by Gasteiger charge is 2.15. The Morgan fingerprint density at radius 3 is 3.05 bits per heavy atom. The van der Waals surface area contributed by atoms with Crippen molar-refractivity contribution in [3.05, 3.63) is 52.7 Å². The average Bonchev–Trinajstić information content (AvgIpc) is 2.99. The Bertz CT molecular complexity index is 743. The van der Waals surface area contributed by atoms with Gasteiger partial charge in [-0.1, -0.05) is 41.6 Å². The molecule has 0 aliphatic heterocycles. The number of benzene rings is 1. The maximum absolute atomic E-state index is 5.99. The van der Waals surface area contributed by atoms with E-state index in [0.29, 0.717) is 0 Å². The number of fused-ring (bicyclic) bond motifs is 1. The number of thiazole rings is 1. The van der Waals surface area contributed by atoms with Gasteiger partial charge in [-0.25, -0.2) is 4.98 Å². The van der Waals surface area contributed by atoms with E-state index >= 15 is 0 Å². The number of nitrogens with two attached hydrogens (primary N) is 1. The first kappa shape index (κ1) is 14.6. The number of rotatable bonds is 5. The summed E-state index contributed by atoms with van der Waals surface area (Å²) in [4.78, 5) is 5.81. The summed E-state index contributed by atoms with van der Waals surface area (Å²) < 4.78 is 2.17. The lowest BCUT2D eigenvalue weighted by molar-refractivity contribution is 0.706. The third kappa shape index (κ3) is 3.31. The second kappa shape index (κ2) is 6.22. The first-order chi connectivity index (χ1) is 10.1. The van der Waals surface area contributed by atoms with Crippen LogP contribution in [0.2, 0.25) is 0 Å². The summed E-state index contributed by atoms with van der Waals surface area (Å²) in [7, 11) is 0. The first-order valence-corrected chi connectivity index (χ1v) is 8.88. The predicted molar refractivity (Wildman–Crippen MR) is 91.2 cm³/mol. The van der Waals surface area contributed by atoms with Gasteiger partial charge in [0.2, 0.25) is 0 Å². The van der Waals surface area contributed by atoms with Crippen molar-refractivity contribution in [1.29, 1.82) is 0 Å². The predicted octanol–water partition coefficient (Wildman–Crippen LogP) is 3.89. The normalized spacial score (nSPS) is 12.9. The van der Waals surface area contributed by atoms with Crippen LogP contribution in [0, 0.1) is 6.92 Å². The fourth-order valence-electron chi connectivity index (χ4n) is 2.37. The number of thioether (sulfide) groups is 1. The molecule has 0 aliphatic rings. The maximum Gasteiger partial charge on any atom is 0.194 e. The Labute approximate surface area is 133 Å². The van der Waals surface area contributed by atoms with E-state index in [1.165, 1.54) is 16.8 Å². The van der Waals surface area contributed by atoms with E-state index in [-0.39, 0.29) is 6.04 Å². The van der Waals surface area contributed by atoms with Crippen molar-refractivity contribution >= 4 is 28.1 Å². The quantitative estimate of drug-likeness (QED) is 0.726. The molecule has 0 bridgehead atoms. The summed E-state index contributed by atoms with van der Waals surface area (Å²) in [6.45, 7) is 4.17. The van der Waals surface area contributed by atoms with Crippen LogP contribution in [0.3, 0.4) is 0 Å². The Morgan fingerprint density at radius 2 is 2.29 bits per heavy atom. The summed E-state index contributed by atoms with van der Waals surface area (Å²) in [6.07, 6.45) is 2.94. The van der Waals surface area contributed by atoms with Gasteiger partial charge in [-0.2, -0.15) is 0 Å². The van der Waals surface area contributed by atoms with E-state index in [2.05, 4.69) is 47.2 Å². The maximum atomic E-state index is 5.99. The average molecular weight is 317 g/mol. The zero-order valence-corrected chi connectivity index (χ0v) is 13.9. The van der Waals surface area contributed by atoms with Crippen LogP contribution >= 0.6 is 23.1 Å². The van der Waals surface area contributed by atoms with Crippen molar-refractivity contribution in [3.8, 4) is 0 Å². The van der Waals surface area contributed by atoms with Crippen molar-refractivity contribution in [2.24, 2.45) is 5.73 Å². The highest BCUT2D eigenvalue weighted by atomic mass is 32.2. The number of hydrogen-bond donors (Lipinski definition) is 1. The standard InChI is InChI=1S/C16H19N3S2/c1-11-4-3-5-13(8-11)10-21-15-14(9-12(2)17)19-6-7-20-16(19)18-15/h3-8,12H,9-10,17H2,1-2H3. The molecular weight excluding hydrogens is 298 g/mol. The van der Waals surface area contributed by atoms with Gasteiger partial charge in [-0.3, -0.25) is 4.40 Å². The second-order valence-corrected chi connectivity index (χ2v) is 7.22. The largest absolute Gasteiger partial charge is 0.328 e. The highest BCUT2D eigenvalue weighted by Crippen LogP contribution is 2.29. The van der Waals surface area contributed by atoms with Crippen LogP contribution in [0.1, 0.15) is 23.7 Å². The molecule has 0 radical (unpaired) electrons. The molecular formula is C16H19N3S2. The molecule has 5 heteroatoms. The molecule has 2 heterocycles. The summed E-state index contributed by atoms with van der Waals surface area (Å²) >= 11 is 3.47. The molecule has 110 valence electrons. The Kier molecular flexibility index (Phi) is 4.33. The van der Waals surface area contributed by atoms with Crippen LogP contribution in [0.15, 0.2) is 40.9 Å². The Balaban J connectivity index is 1.84. The molecule has 1 unspecified atom stereocenters. The SMILES string of the molecule is Cc1cccc(CSc2nc3sccn3c2CC(C)N)c1. The molecule has 3 nitrogen and oxygen atoms in total. The fraction of sp³-hybridized carbons (Fsp3) is 0.312. The monoisotopic (exact) mass is 317 g/mol. The number of nitrogens with zero attached hydrogens (tertiary/aromatic N) is 2. The van der Waals surface area contributed by atoms with Gasteiger partial charge < -0.3 is 5.73 Å². The summed E-state index contributed by atoms with van der Waals surface area (Å²) in [5.74, 6) is 0.943. The summed E-state index contributed by atoms with van der Waals surface area (Å²) in [6, 6.07) is 8.78. The third-order valence-electron chi connectivity index (χ3n) is 3.30. The van der Waals surface area contributed by atoms with Crippen LogP contribution in [-0.2, 0) is 12.2 Å². The van der Waals surface area contributed by atoms with E-state index < -0.39 is 0 Å². The van der Waals surface area contributed by atoms with Gasteiger partial charge in [0.25, 0.3) is 0 Å². The van der Waals surface area contributed by atoms with E-state index in [9.17, 15) is 0 Å². The van der Waals surface area contributed by atoms with E-state index in [4.69, 9.17) is 10.7 Å². The molecule has 3 rings (SSSR count). The summed E-state index contributed by atoms with van der Waals surface area (Å²) in [5.41, 5.74) is 9.86. The van der Waals surface area contributed by atoms with Crippen molar-refractivity contribution in [1.82, 2.24) is 9.38 Å². The number of hydrogen-bond acceptors (Lipinski definition) is 4. The van der Waals surface area contributed by atoms with Crippen molar-refractivity contribution in [2.75, 3.05) is 0 Å². The molecule has 0 aliphatic carbocycles. The lowest BCUT2D eigenvalue weighted by Crippen LogP contribution is -2.19. The number of aryl methyl sites for hydroxylation is 1. The minimum Gasteiger partial charge on any atom is -0.328 e. The lowest BCUT2D eigenvalue weighted by atomic mass is 10.2. The van der Waals surface area contributed by atoms with Crippen LogP contribution in [0.4, 0.5) is 0 Å². The van der Waals surface area contributed by atoms with Gasteiger partial charge in [-0.05, 0) is 19.4 Å². The molecule has 0 fully saturated rings. The van der Waals surface area contributed by atoms with Gasteiger partial charge >= 0.3 is 0 Å². The van der Waals surface area contributed by atoms with E-state index in [1.54, 1.807) is 23.1 Å². The fourth-order valence-corrected chi connectivity index (χ4v) is 4.15. The van der Waals surface area contributed by atoms with Gasteiger partial charge in [0.15, 0.2) is 4.96 Å². The van der Waals surface area contributed by atoms with Gasteiger partial charge in [0.1, 0.15) is 5.03 Å². The molecule has 21 heavy (non-hydrogen) atoms. The number of aromatic nitrogens is 2. The Hall–Kier alpha value is -1.30. The first-order valence-electron chi connectivity index (χ1n) is 7.02. The zero-order valence-electron chi connectivity index (χ0n) is 12.2. The number of imidazole rings is 1. The highest BCUT2D eigenvalue weighted by molar-refractivity contribution is 7.98. The molecule has 1 aromatic carbocycles. The minimum atomic E-state index is 0.142. The van der Waals surface area contributed by atoms with Crippen molar-refractivity contribution in [3.63, 3.8) is 0 Å². The van der Waals surface area contributed by atoms with Crippen molar-refractivity contribution < 1.29 is 0 Å². The van der Waals surface area contributed by atoms with Gasteiger partial charge in [0.05, 0.1) is 5.69 Å². The lowest BCUT2D eigenvalue weighted by Gasteiger charge is -2.07. The van der Waals surface area contributed by atoms with Crippen LogP contribution in [0.5, 0.6) is 0 Å².